The molecule has 0 unspecified atom stereocenters. The standard InChI is InChI=1S/C21H26N8S2/c1-20(2)6-14(7-21(3,4)28-20)29(5)19-27-18-17(31-19)26-16(30-18)13-8-22-15(23-9-13)12-10-24-25-11-12/h8-11,14,28H,6-7H2,1-5H3,(H,24,25). The number of piperidine rings is 1. The van der Waals surface area contributed by atoms with Gasteiger partial charge in [-0.3, -0.25) is 5.10 Å². The Bertz CT molecular complexity index is 1140. The van der Waals surface area contributed by atoms with Gasteiger partial charge in [0.15, 0.2) is 20.6 Å². The van der Waals surface area contributed by atoms with Gasteiger partial charge >= 0.3 is 0 Å². The Balaban J connectivity index is 1.37. The van der Waals surface area contributed by atoms with Gasteiger partial charge in [0.25, 0.3) is 0 Å². The first-order chi connectivity index (χ1) is 14.7. The number of rotatable bonds is 4. The number of thiazole rings is 2. The summed E-state index contributed by atoms with van der Waals surface area (Å²) in [6, 6.07) is 0.440. The summed E-state index contributed by atoms with van der Waals surface area (Å²) in [6.45, 7) is 9.12. The van der Waals surface area contributed by atoms with Gasteiger partial charge in [-0.25, -0.2) is 19.9 Å². The van der Waals surface area contributed by atoms with Crippen LogP contribution >= 0.6 is 22.7 Å². The minimum absolute atomic E-state index is 0.101. The fourth-order valence-electron chi connectivity index (χ4n) is 4.56. The van der Waals surface area contributed by atoms with E-state index in [0.29, 0.717) is 11.9 Å². The first-order valence-corrected chi connectivity index (χ1v) is 11.9. The minimum Gasteiger partial charge on any atom is -0.348 e. The van der Waals surface area contributed by atoms with Crippen LogP contribution in [-0.2, 0) is 0 Å². The summed E-state index contributed by atoms with van der Waals surface area (Å²) in [5, 5.41) is 12.4. The van der Waals surface area contributed by atoms with E-state index in [0.717, 1.165) is 43.8 Å². The monoisotopic (exact) mass is 454 g/mol. The van der Waals surface area contributed by atoms with E-state index in [4.69, 9.17) is 9.97 Å². The number of nitrogens with zero attached hydrogens (tertiary/aromatic N) is 6. The van der Waals surface area contributed by atoms with E-state index >= 15 is 0 Å². The number of hydrogen-bond donors (Lipinski definition) is 2. The molecule has 0 bridgehead atoms. The van der Waals surface area contributed by atoms with Crippen LogP contribution in [0.3, 0.4) is 0 Å². The fourth-order valence-corrected chi connectivity index (χ4v) is 6.61. The summed E-state index contributed by atoms with van der Waals surface area (Å²) in [5.74, 6) is 0.644. The SMILES string of the molecule is CN(c1nc2sc(-c3cnc(-c4cn[nH]c4)nc3)nc2s1)C1CC(C)(C)NC(C)(C)C1. The van der Waals surface area contributed by atoms with E-state index in [2.05, 4.69) is 65.1 Å². The van der Waals surface area contributed by atoms with E-state index in [9.17, 15) is 0 Å². The van der Waals surface area contributed by atoms with Crippen molar-refractivity contribution in [3.05, 3.63) is 24.8 Å². The van der Waals surface area contributed by atoms with Gasteiger partial charge in [0.1, 0.15) is 5.01 Å². The van der Waals surface area contributed by atoms with Gasteiger partial charge in [-0.15, -0.1) is 0 Å². The summed E-state index contributed by atoms with van der Waals surface area (Å²) < 4.78 is 0. The second kappa shape index (κ2) is 7.32. The summed E-state index contributed by atoms with van der Waals surface area (Å²) in [5.41, 5.74) is 1.97. The normalized spacial score (nSPS) is 18.5. The number of aromatic amines is 1. The average molecular weight is 455 g/mol. The molecule has 0 atom stereocenters. The van der Waals surface area contributed by atoms with E-state index in [1.165, 1.54) is 0 Å². The van der Waals surface area contributed by atoms with Crippen molar-refractivity contribution in [3.63, 3.8) is 0 Å². The zero-order valence-electron chi connectivity index (χ0n) is 18.3. The van der Waals surface area contributed by atoms with Crippen LogP contribution in [0.2, 0.25) is 0 Å². The van der Waals surface area contributed by atoms with Crippen LogP contribution in [-0.4, -0.2) is 54.3 Å². The first-order valence-electron chi connectivity index (χ1n) is 10.3. The Hall–Kier alpha value is -2.43. The lowest BCUT2D eigenvalue weighted by atomic mass is 9.79. The molecule has 1 aliphatic heterocycles. The molecule has 8 nitrogen and oxygen atoms in total. The molecule has 4 aromatic rings. The summed E-state index contributed by atoms with van der Waals surface area (Å²) >= 11 is 3.25. The Kier molecular flexibility index (Phi) is 4.83. The lowest BCUT2D eigenvalue weighted by Gasteiger charge is -2.48. The van der Waals surface area contributed by atoms with Crippen LogP contribution in [0.1, 0.15) is 40.5 Å². The molecule has 1 saturated heterocycles. The molecule has 0 saturated carbocycles. The minimum atomic E-state index is 0.101. The number of aromatic nitrogens is 6. The predicted octanol–water partition coefficient (Wildman–Crippen LogP) is 4.35. The third-order valence-corrected chi connectivity index (χ3v) is 7.81. The Morgan fingerprint density at radius 3 is 2.23 bits per heavy atom. The molecule has 10 heteroatoms. The molecular formula is C21H26N8S2. The number of nitrogens with one attached hydrogen (secondary N) is 2. The van der Waals surface area contributed by atoms with Crippen molar-refractivity contribution in [2.75, 3.05) is 11.9 Å². The summed E-state index contributed by atoms with van der Waals surface area (Å²) in [7, 11) is 2.16. The molecule has 1 aliphatic rings. The highest BCUT2D eigenvalue weighted by molar-refractivity contribution is 7.29. The average Bonchev–Trinajstić information content (AvgIpc) is 3.41. The van der Waals surface area contributed by atoms with E-state index in [1.54, 1.807) is 35.1 Å². The summed E-state index contributed by atoms with van der Waals surface area (Å²) in [4.78, 5) is 22.9. The lowest BCUT2D eigenvalue weighted by Crippen LogP contribution is -2.61. The van der Waals surface area contributed by atoms with Gasteiger partial charge in [-0.1, -0.05) is 22.7 Å². The zero-order chi connectivity index (χ0) is 21.8. The molecule has 162 valence electrons. The topological polar surface area (TPSA) is 95.5 Å². The van der Waals surface area contributed by atoms with Crippen molar-refractivity contribution in [2.45, 2.75) is 57.7 Å². The largest absolute Gasteiger partial charge is 0.348 e. The first kappa shape index (κ1) is 20.5. The van der Waals surface area contributed by atoms with Crippen LogP contribution in [0.4, 0.5) is 5.13 Å². The van der Waals surface area contributed by atoms with Gasteiger partial charge in [0, 0.05) is 48.3 Å². The van der Waals surface area contributed by atoms with Crippen LogP contribution in [0, 0.1) is 0 Å². The zero-order valence-corrected chi connectivity index (χ0v) is 19.9. The van der Waals surface area contributed by atoms with Crippen LogP contribution in [0.25, 0.3) is 31.6 Å². The lowest BCUT2D eigenvalue weighted by molar-refractivity contribution is 0.161. The van der Waals surface area contributed by atoms with Crippen LogP contribution in [0.15, 0.2) is 24.8 Å². The molecular weight excluding hydrogens is 428 g/mol. The maximum absolute atomic E-state index is 4.91. The molecule has 1 fully saturated rings. The second-order valence-corrected chi connectivity index (χ2v) is 11.4. The third kappa shape index (κ3) is 4.07. The van der Waals surface area contributed by atoms with Crippen molar-refractivity contribution >= 4 is 37.5 Å². The molecule has 5 heterocycles. The number of hydrogen-bond acceptors (Lipinski definition) is 9. The maximum atomic E-state index is 4.91. The molecule has 5 rings (SSSR count). The molecule has 0 aromatic carbocycles. The molecule has 0 aliphatic carbocycles. The van der Waals surface area contributed by atoms with Crippen molar-refractivity contribution in [3.8, 4) is 22.0 Å². The highest BCUT2D eigenvalue weighted by Crippen LogP contribution is 2.39. The number of anilines is 1. The smallest absolute Gasteiger partial charge is 0.188 e. The van der Waals surface area contributed by atoms with Crippen molar-refractivity contribution in [2.24, 2.45) is 0 Å². The fraction of sp³-hybridized carbons (Fsp3) is 0.476. The quantitative estimate of drug-likeness (QED) is 0.473. The maximum Gasteiger partial charge on any atom is 0.188 e. The molecule has 0 spiro atoms. The molecule has 0 radical (unpaired) electrons. The molecule has 0 amide bonds. The van der Waals surface area contributed by atoms with E-state index in [1.807, 2.05) is 12.4 Å². The van der Waals surface area contributed by atoms with E-state index in [-0.39, 0.29) is 11.1 Å². The van der Waals surface area contributed by atoms with Gasteiger partial charge < -0.3 is 10.2 Å². The molecule has 2 N–H and O–H groups in total. The Labute approximate surface area is 189 Å². The summed E-state index contributed by atoms with van der Waals surface area (Å²) in [6.07, 6.45) is 9.27. The highest BCUT2D eigenvalue weighted by Gasteiger charge is 2.39. The van der Waals surface area contributed by atoms with E-state index < -0.39 is 0 Å². The van der Waals surface area contributed by atoms with Crippen LogP contribution < -0.4 is 10.2 Å². The number of H-pyrrole nitrogens is 1. The Morgan fingerprint density at radius 1 is 0.935 bits per heavy atom. The highest BCUT2D eigenvalue weighted by atomic mass is 32.1. The van der Waals surface area contributed by atoms with Gasteiger partial charge in [-0.05, 0) is 40.5 Å². The van der Waals surface area contributed by atoms with Gasteiger partial charge in [0.2, 0.25) is 0 Å². The Morgan fingerprint density at radius 2 is 1.61 bits per heavy atom. The van der Waals surface area contributed by atoms with Gasteiger partial charge in [-0.2, -0.15) is 5.10 Å². The predicted molar refractivity (Wildman–Crippen MR) is 127 cm³/mol. The van der Waals surface area contributed by atoms with Crippen molar-refractivity contribution in [1.82, 2.24) is 35.5 Å². The van der Waals surface area contributed by atoms with Crippen molar-refractivity contribution < 1.29 is 0 Å². The molecule has 4 aromatic heterocycles. The van der Waals surface area contributed by atoms with Crippen molar-refractivity contribution in [1.29, 1.82) is 0 Å². The second-order valence-electron chi connectivity index (χ2n) is 9.47. The van der Waals surface area contributed by atoms with Crippen LogP contribution in [0.5, 0.6) is 0 Å². The number of fused-ring (bicyclic) bond motifs is 1. The van der Waals surface area contributed by atoms with Gasteiger partial charge in [0.05, 0.1) is 11.8 Å². The third-order valence-electron chi connectivity index (χ3n) is 5.64. The molecule has 31 heavy (non-hydrogen) atoms.